The number of urea groups is 1. The highest BCUT2D eigenvalue weighted by atomic mass is 127. The van der Waals surface area contributed by atoms with Gasteiger partial charge in [0.2, 0.25) is 0 Å². The van der Waals surface area contributed by atoms with E-state index in [1.54, 1.807) is 54.6 Å². The first-order valence-electron chi connectivity index (χ1n) is 9.20. The second-order valence-electron chi connectivity index (χ2n) is 6.71. The molecule has 1 aliphatic heterocycles. The summed E-state index contributed by atoms with van der Waals surface area (Å²) in [5.41, 5.74) is 2.15. The van der Waals surface area contributed by atoms with Crippen LogP contribution < -0.4 is 15.0 Å². The van der Waals surface area contributed by atoms with Crippen molar-refractivity contribution in [3.8, 4) is 5.75 Å². The number of imide groups is 1. The molecule has 3 amide bonds. The second-order valence-corrected chi connectivity index (χ2v) is 8.31. The van der Waals surface area contributed by atoms with Crippen LogP contribution in [-0.4, -0.2) is 11.9 Å². The molecule has 1 heterocycles. The quantitative estimate of drug-likeness (QED) is 0.251. The molecule has 1 aliphatic rings. The summed E-state index contributed by atoms with van der Waals surface area (Å²) in [7, 11) is 0. The van der Waals surface area contributed by atoms with Gasteiger partial charge in [0.05, 0.1) is 9.26 Å². The number of ether oxygens (including phenoxy) is 1. The van der Waals surface area contributed by atoms with Gasteiger partial charge in [0.25, 0.3) is 5.91 Å². The van der Waals surface area contributed by atoms with E-state index in [-0.39, 0.29) is 11.5 Å². The summed E-state index contributed by atoms with van der Waals surface area (Å²) in [6, 6.07) is 17.5. The van der Waals surface area contributed by atoms with Gasteiger partial charge in [-0.05, 0) is 82.3 Å². The van der Waals surface area contributed by atoms with E-state index >= 15 is 0 Å². The Morgan fingerprint density at radius 2 is 1.84 bits per heavy atom. The summed E-state index contributed by atoms with van der Waals surface area (Å²) in [5.74, 6) is -0.0912. The maximum atomic E-state index is 13.0. The molecule has 5 nitrogen and oxygen atoms in total. The summed E-state index contributed by atoms with van der Waals surface area (Å²) >= 11 is 8.11. The van der Waals surface area contributed by atoms with Crippen molar-refractivity contribution in [3.63, 3.8) is 0 Å². The number of nitrogens with zero attached hydrogens (tertiary/aromatic N) is 1. The molecule has 8 heteroatoms. The molecule has 31 heavy (non-hydrogen) atoms. The lowest BCUT2D eigenvalue weighted by Gasteiger charge is -2.11. The minimum absolute atomic E-state index is 0.167. The smallest absolute Gasteiger partial charge is 0.333 e. The fourth-order valence-corrected chi connectivity index (χ4v) is 3.90. The lowest BCUT2D eigenvalue weighted by atomic mass is 10.1. The van der Waals surface area contributed by atoms with Gasteiger partial charge in [0, 0.05) is 5.02 Å². The molecule has 0 radical (unpaired) electrons. The number of carbonyl (C=O) groups excluding carboxylic acids is 2. The summed E-state index contributed by atoms with van der Waals surface area (Å²) in [6.07, 6.45) is 1.61. The van der Waals surface area contributed by atoms with Gasteiger partial charge in [0.15, 0.2) is 0 Å². The fourth-order valence-electron chi connectivity index (χ4n) is 3.02. The first-order chi connectivity index (χ1) is 14.9. The number of carbonyl (C=O) groups is 2. The van der Waals surface area contributed by atoms with Gasteiger partial charge < -0.3 is 10.1 Å². The zero-order valence-corrected chi connectivity index (χ0v) is 18.9. The van der Waals surface area contributed by atoms with Crippen LogP contribution >= 0.6 is 34.2 Å². The van der Waals surface area contributed by atoms with Crippen LogP contribution in [0.15, 0.2) is 72.4 Å². The van der Waals surface area contributed by atoms with Crippen molar-refractivity contribution in [2.75, 3.05) is 4.90 Å². The van der Waals surface area contributed by atoms with Crippen LogP contribution in [0.25, 0.3) is 6.08 Å². The Morgan fingerprint density at radius 1 is 1.06 bits per heavy atom. The predicted molar refractivity (Wildman–Crippen MR) is 125 cm³/mol. The number of rotatable bonds is 5. The van der Waals surface area contributed by atoms with Crippen LogP contribution in [0.5, 0.6) is 5.75 Å². The molecule has 0 unspecified atom stereocenters. The van der Waals surface area contributed by atoms with Crippen molar-refractivity contribution < 1.29 is 18.7 Å². The van der Waals surface area contributed by atoms with Crippen LogP contribution in [0, 0.1) is 9.39 Å². The highest BCUT2D eigenvalue weighted by Gasteiger charge is 2.34. The Morgan fingerprint density at radius 3 is 2.55 bits per heavy atom. The zero-order valence-electron chi connectivity index (χ0n) is 15.9. The normalized spacial score (nSPS) is 14.8. The van der Waals surface area contributed by atoms with E-state index in [0.29, 0.717) is 23.1 Å². The van der Waals surface area contributed by atoms with Gasteiger partial charge in [-0.1, -0.05) is 35.9 Å². The minimum Gasteiger partial charge on any atom is -0.488 e. The van der Waals surface area contributed by atoms with E-state index < -0.39 is 11.9 Å². The summed E-state index contributed by atoms with van der Waals surface area (Å²) in [4.78, 5) is 26.1. The third-order valence-corrected chi connectivity index (χ3v) is 5.60. The van der Waals surface area contributed by atoms with Crippen molar-refractivity contribution >= 4 is 57.9 Å². The number of anilines is 1. The molecule has 1 N–H and O–H groups in total. The average Bonchev–Trinajstić information content (AvgIpc) is 3.01. The van der Waals surface area contributed by atoms with E-state index in [9.17, 15) is 14.0 Å². The Kier molecular flexibility index (Phi) is 6.24. The van der Waals surface area contributed by atoms with E-state index in [0.717, 1.165) is 19.6 Å². The number of amides is 3. The third kappa shape index (κ3) is 4.88. The van der Waals surface area contributed by atoms with Crippen molar-refractivity contribution in [1.29, 1.82) is 0 Å². The molecule has 156 valence electrons. The van der Waals surface area contributed by atoms with Gasteiger partial charge in [-0.15, -0.1) is 0 Å². The van der Waals surface area contributed by atoms with Crippen LogP contribution in [0.4, 0.5) is 14.9 Å². The number of hydrogen-bond donors (Lipinski definition) is 1. The molecule has 0 saturated carbocycles. The summed E-state index contributed by atoms with van der Waals surface area (Å²) in [6.45, 7) is 0.305. The molecular formula is C23H15ClFIN2O3. The lowest BCUT2D eigenvalue weighted by Crippen LogP contribution is -2.30. The Bertz CT molecular complexity index is 1200. The standard InChI is InChI=1S/C23H15ClFIN2O3/c24-16-2-1-3-18(12-16)28-22(29)20(27-23(28)30)11-15-6-9-21(19(26)10-15)31-13-14-4-7-17(25)8-5-14/h1-12H,13H2,(H,27,30)/b20-11+. The van der Waals surface area contributed by atoms with Gasteiger partial charge >= 0.3 is 6.03 Å². The minimum atomic E-state index is -0.535. The van der Waals surface area contributed by atoms with E-state index in [2.05, 4.69) is 27.9 Å². The second kappa shape index (κ2) is 9.07. The lowest BCUT2D eigenvalue weighted by molar-refractivity contribution is -0.113. The highest BCUT2D eigenvalue weighted by molar-refractivity contribution is 14.1. The monoisotopic (exact) mass is 548 g/mol. The summed E-state index contributed by atoms with van der Waals surface area (Å²) in [5, 5.41) is 3.03. The Labute approximate surface area is 196 Å². The maximum Gasteiger partial charge on any atom is 0.333 e. The molecule has 0 atom stereocenters. The van der Waals surface area contributed by atoms with Crippen LogP contribution in [-0.2, 0) is 11.4 Å². The molecule has 0 spiro atoms. The molecule has 1 saturated heterocycles. The topological polar surface area (TPSA) is 58.6 Å². The van der Waals surface area contributed by atoms with Gasteiger partial charge in [-0.25, -0.2) is 14.1 Å². The van der Waals surface area contributed by atoms with Gasteiger partial charge in [-0.3, -0.25) is 4.79 Å². The van der Waals surface area contributed by atoms with E-state index in [1.807, 2.05) is 6.07 Å². The molecule has 3 aromatic carbocycles. The molecule has 0 bridgehead atoms. The van der Waals surface area contributed by atoms with Crippen molar-refractivity contribution in [2.45, 2.75) is 6.61 Å². The number of hydrogen-bond acceptors (Lipinski definition) is 3. The van der Waals surface area contributed by atoms with Crippen LogP contribution in [0.1, 0.15) is 11.1 Å². The largest absolute Gasteiger partial charge is 0.488 e. The van der Waals surface area contributed by atoms with E-state index in [4.69, 9.17) is 16.3 Å². The van der Waals surface area contributed by atoms with Crippen molar-refractivity contribution in [1.82, 2.24) is 5.32 Å². The third-order valence-electron chi connectivity index (χ3n) is 4.52. The number of nitrogens with one attached hydrogen (secondary N) is 1. The number of halogens is 3. The molecule has 1 fully saturated rings. The highest BCUT2D eigenvalue weighted by Crippen LogP contribution is 2.27. The first kappa shape index (κ1) is 21.3. The van der Waals surface area contributed by atoms with Crippen LogP contribution in [0.2, 0.25) is 5.02 Å². The SMILES string of the molecule is O=C1N/C(=C/c2ccc(OCc3ccc(F)cc3)c(I)c2)C(=O)N1c1cccc(Cl)c1. The van der Waals surface area contributed by atoms with Crippen molar-refractivity contribution in [3.05, 3.63) is 98.0 Å². The maximum absolute atomic E-state index is 13.0. The van der Waals surface area contributed by atoms with Gasteiger partial charge in [0.1, 0.15) is 23.9 Å². The Hall–Kier alpha value is -2.91. The first-order valence-corrected chi connectivity index (χ1v) is 10.7. The van der Waals surface area contributed by atoms with E-state index in [1.165, 1.54) is 12.1 Å². The number of benzene rings is 3. The summed E-state index contributed by atoms with van der Waals surface area (Å²) < 4.78 is 19.6. The molecule has 0 aliphatic carbocycles. The average molecular weight is 549 g/mol. The molecule has 3 aromatic rings. The molecule has 4 rings (SSSR count). The van der Waals surface area contributed by atoms with Crippen molar-refractivity contribution in [2.24, 2.45) is 0 Å². The zero-order chi connectivity index (χ0) is 22.0. The van der Waals surface area contributed by atoms with Gasteiger partial charge in [-0.2, -0.15) is 0 Å². The Balaban J connectivity index is 1.49. The fraction of sp³-hybridized carbons (Fsp3) is 0.0435. The van der Waals surface area contributed by atoms with Crippen LogP contribution in [0.3, 0.4) is 0 Å². The molecular weight excluding hydrogens is 534 g/mol. The predicted octanol–water partition coefficient (Wildman–Crippen LogP) is 5.76. The molecule has 0 aromatic heterocycles.